The Balaban J connectivity index is 1.95. The van der Waals surface area contributed by atoms with Gasteiger partial charge in [0.25, 0.3) is 0 Å². The number of rotatable bonds is 3. The van der Waals surface area contributed by atoms with Gasteiger partial charge in [-0.25, -0.2) is 0 Å². The minimum absolute atomic E-state index is 0.233. The molecule has 2 aromatic rings. The van der Waals surface area contributed by atoms with Crippen LogP contribution >= 0.6 is 24.0 Å². The Morgan fingerprint density at radius 1 is 0.947 bits per heavy atom. The summed E-state index contributed by atoms with van der Waals surface area (Å²) >= 11 is 6.92. The van der Waals surface area contributed by atoms with Crippen LogP contribution in [-0.2, 0) is 0 Å². The highest BCUT2D eigenvalue weighted by Gasteiger charge is 1.99. The zero-order valence-electron chi connectivity index (χ0n) is 10.4. The van der Waals surface area contributed by atoms with Crippen LogP contribution in [0.25, 0.3) is 0 Å². The third kappa shape index (κ3) is 4.15. The van der Waals surface area contributed by atoms with E-state index in [4.69, 9.17) is 12.2 Å². The maximum absolute atomic E-state index is 9.20. The molecule has 98 valence electrons. The molecule has 5 heteroatoms. The van der Waals surface area contributed by atoms with E-state index in [0.717, 1.165) is 11.4 Å². The van der Waals surface area contributed by atoms with Crippen LogP contribution in [0.3, 0.4) is 0 Å². The van der Waals surface area contributed by atoms with E-state index in [-0.39, 0.29) is 5.75 Å². The fourth-order valence-electron chi connectivity index (χ4n) is 1.51. The van der Waals surface area contributed by atoms with E-state index in [1.807, 2.05) is 30.5 Å². The lowest BCUT2D eigenvalue weighted by molar-refractivity contribution is 0.475. The van der Waals surface area contributed by atoms with Gasteiger partial charge < -0.3 is 15.7 Å². The van der Waals surface area contributed by atoms with E-state index in [1.165, 1.54) is 4.90 Å². The maximum atomic E-state index is 9.20. The van der Waals surface area contributed by atoms with Crippen molar-refractivity contribution in [2.45, 2.75) is 4.90 Å². The molecule has 0 unspecified atom stereocenters. The van der Waals surface area contributed by atoms with E-state index >= 15 is 0 Å². The minimum atomic E-state index is 0.233. The van der Waals surface area contributed by atoms with Crippen LogP contribution in [0.1, 0.15) is 0 Å². The quantitative estimate of drug-likeness (QED) is 0.454. The first-order chi connectivity index (χ1) is 9.17. The number of aromatic hydroxyl groups is 1. The molecule has 2 aromatic carbocycles. The molecule has 0 saturated carbocycles. The van der Waals surface area contributed by atoms with Crippen LogP contribution in [0.5, 0.6) is 5.75 Å². The van der Waals surface area contributed by atoms with Crippen LogP contribution in [0.2, 0.25) is 0 Å². The second kappa shape index (κ2) is 6.45. The predicted molar refractivity (Wildman–Crippen MR) is 86.2 cm³/mol. The number of nitrogens with one attached hydrogen (secondary N) is 2. The molecule has 0 spiro atoms. The van der Waals surface area contributed by atoms with Crippen molar-refractivity contribution in [3.8, 4) is 5.75 Å². The molecule has 0 aliphatic carbocycles. The molecule has 2 rings (SSSR count). The Morgan fingerprint density at radius 3 is 1.89 bits per heavy atom. The molecule has 0 saturated heterocycles. The number of hydrogen-bond donors (Lipinski definition) is 3. The van der Waals surface area contributed by atoms with Gasteiger partial charge in [0.15, 0.2) is 5.11 Å². The number of phenols is 1. The summed E-state index contributed by atoms with van der Waals surface area (Å²) < 4.78 is 0. The molecule has 0 atom stereocenters. The maximum Gasteiger partial charge on any atom is 0.175 e. The third-order valence-corrected chi connectivity index (χ3v) is 3.42. The van der Waals surface area contributed by atoms with Gasteiger partial charge in [0.1, 0.15) is 5.75 Å². The monoisotopic (exact) mass is 290 g/mol. The largest absolute Gasteiger partial charge is 0.508 e. The molecule has 19 heavy (non-hydrogen) atoms. The van der Waals surface area contributed by atoms with Gasteiger partial charge in [-0.3, -0.25) is 0 Å². The highest BCUT2D eigenvalue weighted by atomic mass is 32.2. The van der Waals surface area contributed by atoms with Gasteiger partial charge in [-0.2, -0.15) is 0 Å². The van der Waals surface area contributed by atoms with E-state index in [9.17, 15) is 5.11 Å². The van der Waals surface area contributed by atoms with E-state index < -0.39 is 0 Å². The van der Waals surface area contributed by atoms with Gasteiger partial charge in [-0.1, -0.05) is 0 Å². The molecular formula is C14H14N2OS2. The number of hydrogen-bond acceptors (Lipinski definition) is 3. The molecule has 0 bridgehead atoms. The van der Waals surface area contributed by atoms with Crippen molar-refractivity contribution >= 4 is 40.5 Å². The first-order valence-electron chi connectivity index (χ1n) is 5.68. The zero-order chi connectivity index (χ0) is 13.7. The molecule has 3 nitrogen and oxygen atoms in total. The zero-order valence-corrected chi connectivity index (χ0v) is 12.0. The molecule has 0 aliphatic rings. The van der Waals surface area contributed by atoms with Crippen LogP contribution in [0.4, 0.5) is 11.4 Å². The lowest BCUT2D eigenvalue weighted by atomic mass is 10.3. The lowest BCUT2D eigenvalue weighted by Crippen LogP contribution is -2.18. The smallest absolute Gasteiger partial charge is 0.175 e. The summed E-state index contributed by atoms with van der Waals surface area (Å²) in [7, 11) is 0. The van der Waals surface area contributed by atoms with Gasteiger partial charge >= 0.3 is 0 Å². The van der Waals surface area contributed by atoms with Gasteiger partial charge in [0.2, 0.25) is 0 Å². The summed E-state index contributed by atoms with van der Waals surface area (Å²) in [5, 5.41) is 15.9. The second-order valence-electron chi connectivity index (χ2n) is 3.85. The SMILES string of the molecule is CSc1ccc(NC(=S)Nc2ccc(O)cc2)cc1. The van der Waals surface area contributed by atoms with Gasteiger partial charge in [-0.15, -0.1) is 11.8 Å². The molecule has 0 amide bonds. The van der Waals surface area contributed by atoms with Crippen LogP contribution in [0, 0.1) is 0 Å². The normalized spacial score (nSPS) is 9.95. The Hall–Kier alpha value is -1.72. The number of thioether (sulfide) groups is 1. The van der Waals surface area contributed by atoms with Crippen molar-refractivity contribution in [3.05, 3.63) is 48.5 Å². The highest BCUT2D eigenvalue weighted by molar-refractivity contribution is 7.98. The van der Waals surface area contributed by atoms with E-state index in [1.54, 1.807) is 36.0 Å². The van der Waals surface area contributed by atoms with Gasteiger partial charge in [0, 0.05) is 16.3 Å². The summed E-state index contributed by atoms with van der Waals surface area (Å²) in [4.78, 5) is 1.21. The van der Waals surface area contributed by atoms with Crippen molar-refractivity contribution in [1.82, 2.24) is 0 Å². The summed E-state index contributed by atoms with van der Waals surface area (Å²) in [6.45, 7) is 0. The van der Waals surface area contributed by atoms with E-state index in [0.29, 0.717) is 5.11 Å². The average molecular weight is 290 g/mol. The predicted octanol–water partition coefficient (Wildman–Crippen LogP) is 3.92. The van der Waals surface area contributed by atoms with Crippen LogP contribution in [-0.4, -0.2) is 16.5 Å². The molecule has 0 radical (unpaired) electrons. The third-order valence-electron chi connectivity index (χ3n) is 2.47. The van der Waals surface area contributed by atoms with Crippen molar-refractivity contribution in [2.24, 2.45) is 0 Å². The number of anilines is 2. The summed E-state index contributed by atoms with van der Waals surface area (Å²) in [5.74, 6) is 0.233. The molecule has 0 fully saturated rings. The topological polar surface area (TPSA) is 44.3 Å². The first-order valence-corrected chi connectivity index (χ1v) is 7.32. The fraction of sp³-hybridized carbons (Fsp3) is 0.0714. The lowest BCUT2D eigenvalue weighted by Gasteiger charge is -2.10. The number of phenolic OH excluding ortho intramolecular Hbond substituents is 1. The Bertz CT molecular complexity index is 553. The highest BCUT2D eigenvalue weighted by Crippen LogP contribution is 2.18. The molecule has 0 aliphatic heterocycles. The fourth-order valence-corrected chi connectivity index (χ4v) is 2.16. The van der Waals surface area contributed by atoms with Crippen LogP contribution < -0.4 is 10.6 Å². The van der Waals surface area contributed by atoms with Crippen molar-refractivity contribution in [1.29, 1.82) is 0 Å². The molecule has 3 N–H and O–H groups in total. The summed E-state index contributed by atoms with van der Waals surface area (Å²) in [6.07, 6.45) is 2.04. The molecule has 0 aromatic heterocycles. The van der Waals surface area contributed by atoms with Crippen molar-refractivity contribution in [3.63, 3.8) is 0 Å². The average Bonchev–Trinajstić information content (AvgIpc) is 2.42. The standard InChI is InChI=1S/C14H14N2OS2/c1-19-13-8-4-11(5-9-13)16-14(18)15-10-2-6-12(17)7-3-10/h2-9,17H,1H3,(H2,15,16,18). The van der Waals surface area contributed by atoms with Crippen molar-refractivity contribution in [2.75, 3.05) is 16.9 Å². The van der Waals surface area contributed by atoms with Crippen molar-refractivity contribution < 1.29 is 5.11 Å². The van der Waals surface area contributed by atoms with Gasteiger partial charge in [-0.05, 0) is 67.0 Å². The number of thiocarbonyl (C=S) groups is 1. The molecule has 0 heterocycles. The number of benzene rings is 2. The van der Waals surface area contributed by atoms with Crippen LogP contribution in [0.15, 0.2) is 53.4 Å². The molecular weight excluding hydrogens is 276 g/mol. The van der Waals surface area contributed by atoms with Gasteiger partial charge in [0.05, 0.1) is 0 Å². The van der Waals surface area contributed by atoms with E-state index in [2.05, 4.69) is 10.6 Å². The second-order valence-corrected chi connectivity index (χ2v) is 5.14. The Kier molecular flexibility index (Phi) is 4.65. The Morgan fingerprint density at radius 2 is 1.42 bits per heavy atom. The minimum Gasteiger partial charge on any atom is -0.508 e. The summed E-state index contributed by atoms with van der Waals surface area (Å²) in [5.41, 5.74) is 1.77. The first kappa shape index (κ1) is 13.7. The Labute approximate surface area is 122 Å². The summed E-state index contributed by atoms with van der Waals surface area (Å²) in [6, 6.07) is 14.8.